The molecule has 1 atom stereocenters. The predicted molar refractivity (Wildman–Crippen MR) is 68.5 cm³/mol. The Morgan fingerprint density at radius 1 is 1.06 bits per heavy atom. The van der Waals surface area contributed by atoms with Crippen molar-refractivity contribution in [3.8, 4) is 0 Å². The van der Waals surface area contributed by atoms with Gasteiger partial charge < -0.3 is 5.32 Å². The monoisotopic (exact) mass is 303 g/mol. The van der Waals surface area contributed by atoms with Gasteiger partial charge in [-0.15, -0.1) is 0 Å². The molecule has 0 aromatic heterocycles. The van der Waals surface area contributed by atoms with Gasteiger partial charge in [-0.2, -0.15) is 16.8 Å². The number of rotatable bonds is 9. The van der Waals surface area contributed by atoms with Gasteiger partial charge in [0.2, 0.25) is 4.58 Å². The van der Waals surface area contributed by atoms with E-state index < -0.39 is 37.3 Å². The SMILES string of the molecule is CCCCCNC(C)CC(S(=O)(=O)O)S(=O)(=O)O. The lowest BCUT2D eigenvalue weighted by Crippen LogP contribution is -2.38. The zero-order valence-electron chi connectivity index (χ0n) is 10.5. The minimum Gasteiger partial charge on any atom is -0.314 e. The van der Waals surface area contributed by atoms with E-state index >= 15 is 0 Å². The van der Waals surface area contributed by atoms with Crippen LogP contribution >= 0.6 is 0 Å². The highest BCUT2D eigenvalue weighted by Gasteiger charge is 2.36. The van der Waals surface area contributed by atoms with Crippen LogP contribution in [0.1, 0.15) is 39.5 Å². The summed E-state index contributed by atoms with van der Waals surface area (Å²) in [6.45, 7) is 4.25. The van der Waals surface area contributed by atoms with Crippen LogP contribution in [0.4, 0.5) is 0 Å². The van der Waals surface area contributed by atoms with E-state index in [1.165, 1.54) is 0 Å². The largest absolute Gasteiger partial charge is 0.314 e. The second-order valence-corrected chi connectivity index (χ2v) is 7.75. The molecule has 18 heavy (non-hydrogen) atoms. The zero-order valence-corrected chi connectivity index (χ0v) is 12.2. The predicted octanol–water partition coefficient (Wildman–Crippen LogP) is 0.647. The van der Waals surface area contributed by atoms with Crippen molar-refractivity contribution in [3.05, 3.63) is 0 Å². The lowest BCUT2D eigenvalue weighted by atomic mass is 10.2. The highest BCUT2D eigenvalue weighted by molar-refractivity contribution is 8.03. The lowest BCUT2D eigenvalue weighted by Gasteiger charge is -2.17. The molecule has 0 bridgehead atoms. The number of nitrogens with one attached hydrogen (secondary N) is 1. The summed E-state index contributed by atoms with van der Waals surface area (Å²) >= 11 is 0. The number of unbranched alkanes of at least 4 members (excludes halogenated alkanes) is 2. The standard InChI is InChI=1S/C9H21NO6S2/c1-3-4-5-6-10-8(2)7-9(17(11,12)13)18(14,15)16/h8-10H,3-7H2,1-2H3,(H,11,12,13)(H,14,15,16). The average Bonchev–Trinajstić information content (AvgIpc) is 2.18. The Kier molecular flexibility index (Phi) is 7.30. The first-order chi connectivity index (χ1) is 8.09. The van der Waals surface area contributed by atoms with Gasteiger partial charge in [0.25, 0.3) is 20.2 Å². The van der Waals surface area contributed by atoms with Gasteiger partial charge in [-0.05, 0) is 26.3 Å². The summed E-state index contributed by atoms with van der Waals surface area (Å²) in [6.07, 6.45) is 2.54. The quantitative estimate of drug-likeness (QED) is 0.422. The molecular formula is C9H21NO6S2. The van der Waals surface area contributed by atoms with E-state index in [1.807, 2.05) is 6.92 Å². The van der Waals surface area contributed by atoms with Crippen LogP contribution in [-0.4, -0.2) is 43.1 Å². The third-order valence-electron chi connectivity index (χ3n) is 2.48. The number of hydrogen-bond acceptors (Lipinski definition) is 5. The zero-order chi connectivity index (χ0) is 14.4. The maximum atomic E-state index is 10.9. The molecule has 0 saturated heterocycles. The van der Waals surface area contributed by atoms with Gasteiger partial charge in [-0.1, -0.05) is 19.8 Å². The van der Waals surface area contributed by atoms with Crippen LogP contribution in [0.5, 0.6) is 0 Å². The molecule has 0 saturated carbocycles. The summed E-state index contributed by atoms with van der Waals surface area (Å²) in [6, 6.07) is -0.448. The molecule has 9 heteroatoms. The molecule has 0 aliphatic heterocycles. The first-order valence-electron chi connectivity index (χ1n) is 5.75. The summed E-state index contributed by atoms with van der Waals surface area (Å²) in [5.41, 5.74) is 0. The highest BCUT2D eigenvalue weighted by atomic mass is 32.3. The molecular weight excluding hydrogens is 282 g/mol. The van der Waals surface area contributed by atoms with Gasteiger partial charge in [0.1, 0.15) is 0 Å². The van der Waals surface area contributed by atoms with Crippen LogP contribution in [0, 0.1) is 0 Å². The maximum absolute atomic E-state index is 10.9. The van der Waals surface area contributed by atoms with Crippen molar-refractivity contribution in [3.63, 3.8) is 0 Å². The molecule has 0 aromatic rings. The van der Waals surface area contributed by atoms with Crippen LogP contribution < -0.4 is 5.32 Å². The highest BCUT2D eigenvalue weighted by Crippen LogP contribution is 2.13. The molecule has 110 valence electrons. The Hall–Kier alpha value is -0.220. The molecule has 3 N–H and O–H groups in total. The fraction of sp³-hybridized carbons (Fsp3) is 1.00. The molecule has 0 spiro atoms. The van der Waals surface area contributed by atoms with Crippen molar-refractivity contribution < 1.29 is 25.9 Å². The maximum Gasteiger partial charge on any atom is 0.284 e. The molecule has 0 amide bonds. The molecule has 0 radical (unpaired) electrons. The molecule has 0 aliphatic rings. The van der Waals surface area contributed by atoms with E-state index in [9.17, 15) is 16.8 Å². The van der Waals surface area contributed by atoms with Crippen molar-refractivity contribution in [2.24, 2.45) is 0 Å². The third-order valence-corrected chi connectivity index (χ3v) is 5.66. The topological polar surface area (TPSA) is 121 Å². The van der Waals surface area contributed by atoms with Crippen LogP contribution in [-0.2, 0) is 20.2 Å². The van der Waals surface area contributed by atoms with Crippen LogP contribution in [0.2, 0.25) is 0 Å². The van der Waals surface area contributed by atoms with E-state index in [1.54, 1.807) is 6.92 Å². The van der Waals surface area contributed by atoms with Crippen molar-refractivity contribution >= 4 is 20.2 Å². The van der Waals surface area contributed by atoms with Crippen molar-refractivity contribution in [2.75, 3.05) is 6.54 Å². The van der Waals surface area contributed by atoms with E-state index in [2.05, 4.69) is 5.32 Å². The van der Waals surface area contributed by atoms with Gasteiger partial charge in [0.05, 0.1) is 0 Å². The molecule has 0 rings (SSSR count). The normalized spacial score (nSPS) is 14.9. The van der Waals surface area contributed by atoms with Gasteiger partial charge in [0.15, 0.2) is 0 Å². The second-order valence-electron chi connectivity index (χ2n) is 4.26. The smallest absolute Gasteiger partial charge is 0.284 e. The summed E-state index contributed by atoms with van der Waals surface area (Å²) < 4.78 is 58.9. The Morgan fingerprint density at radius 2 is 1.56 bits per heavy atom. The third kappa shape index (κ3) is 7.27. The van der Waals surface area contributed by atoms with Crippen molar-refractivity contribution in [1.29, 1.82) is 0 Å². The molecule has 0 fully saturated rings. The van der Waals surface area contributed by atoms with Gasteiger partial charge in [-0.3, -0.25) is 9.11 Å². The van der Waals surface area contributed by atoms with E-state index in [4.69, 9.17) is 9.11 Å². The van der Waals surface area contributed by atoms with E-state index in [0.717, 1.165) is 19.3 Å². The van der Waals surface area contributed by atoms with Crippen molar-refractivity contribution in [1.82, 2.24) is 5.32 Å². The lowest BCUT2D eigenvalue weighted by molar-refractivity contribution is 0.432. The van der Waals surface area contributed by atoms with E-state index in [0.29, 0.717) is 6.54 Å². The van der Waals surface area contributed by atoms with E-state index in [-0.39, 0.29) is 0 Å². The van der Waals surface area contributed by atoms with Crippen molar-refractivity contribution in [2.45, 2.75) is 50.2 Å². The summed E-state index contributed by atoms with van der Waals surface area (Å²) in [5.74, 6) is 0. The second kappa shape index (κ2) is 7.39. The molecule has 0 heterocycles. The first kappa shape index (κ1) is 17.8. The Morgan fingerprint density at radius 3 is 1.94 bits per heavy atom. The summed E-state index contributed by atoms with van der Waals surface area (Å²) in [4.78, 5) is 0. The molecule has 0 aliphatic carbocycles. The van der Waals surface area contributed by atoms with Gasteiger partial charge in [-0.25, -0.2) is 0 Å². The minimum atomic E-state index is -4.83. The Bertz CT molecular complexity index is 398. The fourth-order valence-corrected chi connectivity index (χ4v) is 3.79. The first-order valence-corrected chi connectivity index (χ1v) is 8.75. The summed E-state index contributed by atoms with van der Waals surface area (Å²) in [5, 5.41) is 2.94. The van der Waals surface area contributed by atoms with Gasteiger partial charge in [0, 0.05) is 6.04 Å². The number of hydrogen-bond donors (Lipinski definition) is 3. The van der Waals surface area contributed by atoms with Gasteiger partial charge >= 0.3 is 0 Å². The Balaban J connectivity index is 4.44. The fourth-order valence-electron chi connectivity index (χ4n) is 1.49. The minimum absolute atomic E-state index is 0.399. The molecule has 7 nitrogen and oxygen atoms in total. The molecule has 0 aromatic carbocycles. The van der Waals surface area contributed by atoms with Crippen LogP contribution in [0.3, 0.4) is 0 Å². The molecule has 1 unspecified atom stereocenters. The average molecular weight is 303 g/mol. The van der Waals surface area contributed by atoms with Crippen LogP contribution in [0.15, 0.2) is 0 Å². The summed E-state index contributed by atoms with van der Waals surface area (Å²) in [7, 11) is -9.66. The Labute approximate surface area is 108 Å². The van der Waals surface area contributed by atoms with Crippen LogP contribution in [0.25, 0.3) is 0 Å².